The number of carbonyl (C=O) groups excluding carboxylic acids is 3. The van der Waals surface area contributed by atoms with Crippen LogP contribution in [0.4, 0.5) is 11.4 Å². The number of carbonyl (C=O) groups is 3. The number of ketones is 1. The zero-order valence-corrected chi connectivity index (χ0v) is 14.3. The van der Waals surface area contributed by atoms with Gasteiger partial charge in [-0.1, -0.05) is 60.7 Å². The summed E-state index contributed by atoms with van der Waals surface area (Å²) in [7, 11) is 0. The molecule has 3 aromatic rings. The Morgan fingerprint density at radius 2 is 1.41 bits per heavy atom. The molecule has 1 unspecified atom stereocenters. The zero-order valence-electron chi connectivity index (χ0n) is 14.3. The van der Waals surface area contributed by atoms with Gasteiger partial charge in [0, 0.05) is 11.4 Å². The number of fused-ring (bicyclic) bond motifs is 1. The summed E-state index contributed by atoms with van der Waals surface area (Å²) in [5.74, 6) is -3.16. The highest BCUT2D eigenvalue weighted by Gasteiger charge is 2.39. The molecule has 0 saturated carbocycles. The smallest absolute Gasteiger partial charge is 0.292 e. The number of amides is 2. The molecule has 5 nitrogen and oxygen atoms in total. The third-order valence-electron chi connectivity index (χ3n) is 4.53. The molecule has 27 heavy (non-hydrogen) atoms. The molecule has 5 heteroatoms. The summed E-state index contributed by atoms with van der Waals surface area (Å²) >= 11 is 0. The zero-order chi connectivity index (χ0) is 18.8. The molecular formula is C22H16N2O3. The molecule has 2 N–H and O–H groups in total. The molecule has 4 rings (SSSR count). The Morgan fingerprint density at radius 1 is 0.778 bits per heavy atom. The van der Waals surface area contributed by atoms with Crippen molar-refractivity contribution in [2.75, 3.05) is 10.6 Å². The topological polar surface area (TPSA) is 75.3 Å². The Labute approximate surface area is 156 Å². The van der Waals surface area contributed by atoms with Crippen LogP contribution in [0.2, 0.25) is 0 Å². The van der Waals surface area contributed by atoms with Gasteiger partial charge >= 0.3 is 0 Å². The van der Waals surface area contributed by atoms with Crippen molar-refractivity contribution < 1.29 is 14.4 Å². The largest absolute Gasteiger partial charge is 0.325 e. The standard InChI is InChI=1S/C22H16N2O3/c25-20(19-17-8-4-5-9-18(17)24-21(19)26)22(27)23-16-12-10-15(11-13-16)14-6-2-1-3-7-14/h1-13,19H,(H,23,27)(H,24,26). The van der Waals surface area contributed by atoms with E-state index in [1.54, 1.807) is 36.4 Å². The number of hydrogen-bond acceptors (Lipinski definition) is 3. The predicted octanol–water partition coefficient (Wildman–Crippen LogP) is 3.60. The fraction of sp³-hybridized carbons (Fsp3) is 0.0455. The van der Waals surface area contributed by atoms with Gasteiger partial charge in [-0.25, -0.2) is 0 Å². The summed E-state index contributed by atoms with van der Waals surface area (Å²) in [4.78, 5) is 37.0. The van der Waals surface area contributed by atoms with E-state index < -0.39 is 23.5 Å². The van der Waals surface area contributed by atoms with E-state index in [1.165, 1.54) is 0 Å². The average Bonchev–Trinajstić information content (AvgIpc) is 3.04. The lowest BCUT2D eigenvalue weighted by molar-refractivity contribution is -0.138. The van der Waals surface area contributed by atoms with Crippen molar-refractivity contribution >= 4 is 29.0 Å². The molecule has 0 saturated heterocycles. The van der Waals surface area contributed by atoms with Gasteiger partial charge in [0.05, 0.1) is 0 Å². The molecular weight excluding hydrogens is 340 g/mol. The molecule has 0 bridgehead atoms. The molecule has 0 spiro atoms. The normalized spacial score (nSPS) is 15.0. The Hall–Kier alpha value is -3.73. The second-order valence-electron chi connectivity index (χ2n) is 6.27. The van der Waals surface area contributed by atoms with E-state index in [2.05, 4.69) is 10.6 Å². The molecule has 3 aromatic carbocycles. The lowest BCUT2D eigenvalue weighted by atomic mass is 9.95. The van der Waals surface area contributed by atoms with Crippen molar-refractivity contribution in [3.8, 4) is 11.1 Å². The Morgan fingerprint density at radius 3 is 2.15 bits per heavy atom. The summed E-state index contributed by atoms with van der Waals surface area (Å²) in [6.45, 7) is 0. The molecule has 132 valence electrons. The van der Waals surface area contributed by atoms with Crippen molar-refractivity contribution in [3.05, 3.63) is 84.4 Å². The van der Waals surface area contributed by atoms with E-state index >= 15 is 0 Å². The van der Waals surface area contributed by atoms with Gasteiger partial charge in [-0.05, 0) is 34.9 Å². The average molecular weight is 356 g/mol. The van der Waals surface area contributed by atoms with Crippen molar-refractivity contribution in [2.45, 2.75) is 5.92 Å². The molecule has 1 aliphatic heterocycles. The molecule has 0 aromatic heterocycles. The molecule has 1 atom stereocenters. The summed E-state index contributed by atoms with van der Waals surface area (Å²) in [5, 5.41) is 5.21. The van der Waals surface area contributed by atoms with Crippen LogP contribution >= 0.6 is 0 Å². The quantitative estimate of drug-likeness (QED) is 0.554. The number of nitrogens with one attached hydrogen (secondary N) is 2. The Bertz CT molecular complexity index is 1030. The highest BCUT2D eigenvalue weighted by Crippen LogP contribution is 2.33. The summed E-state index contributed by atoms with van der Waals surface area (Å²) in [6, 6.07) is 23.9. The number of Topliss-reactive ketones (excluding diaryl/α,β-unsaturated/α-hetero) is 1. The van der Waals surface area contributed by atoms with Crippen LogP contribution in [0.3, 0.4) is 0 Å². The second-order valence-corrected chi connectivity index (χ2v) is 6.27. The van der Waals surface area contributed by atoms with E-state index in [9.17, 15) is 14.4 Å². The first kappa shape index (κ1) is 16.7. The number of anilines is 2. The number of benzene rings is 3. The fourth-order valence-electron chi connectivity index (χ4n) is 3.17. The van der Waals surface area contributed by atoms with Crippen molar-refractivity contribution in [1.82, 2.24) is 0 Å². The minimum Gasteiger partial charge on any atom is -0.325 e. The van der Waals surface area contributed by atoms with Gasteiger partial charge in [-0.3, -0.25) is 14.4 Å². The van der Waals surface area contributed by atoms with Gasteiger partial charge in [0.25, 0.3) is 5.91 Å². The SMILES string of the molecule is O=C(Nc1ccc(-c2ccccc2)cc1)C(=O)C1C(=O)Nc2ccccc21. The maximum Gasteiger partial charge on any atom is 0.292 e. The number of rotatable bonds is 4. The van der Waals surface area contributed by atoms with Crippen LogP contribution in [0.25, 0.3) is 11.1 Å². The Balaban J connectivity index is 1.49. The first-order valence-electron chi connectivity index (χ1n) is 8.54. The summed E-state index contributed by atoms with van der Waals surface area (Å²) in [5.41, 5.74) is 3.66. The minimum atomic E-state index is -1.11. The van der Waals surface area contributed by atoms with Crippen LogP contribution in [-0.4, -0.2) is 17.6 Å². The second kappa shape index (κ2) is 6.88. The Kier molecular flexibility index (Phi) is 4.26. The van der Waals surface area contributed by atoms with Crippen LogP contribution in [0.5, 0.6) is 0 Å². The van der Waals surface area contributed by atoms with E-state index in [0.29, 0.717) is 16.9 Å². The fourth-order valence-corrected chi connectivity index (χ4v) is 3.17. The minimum absolute atomic E-state index is 0.476. The third-order valence-corrected chi connectivity index (χ3v) is 4.53. The molecule has 0 radical (unpaired) electrons. The first-order chi connectivity index (χ1) is 13.1. The van der Waals surface area contributed by atoms with Crippen molar-refractivity contribution in [3.63, 3.8) is 0 Å². The van der Waals surface area contributed by atoms with Gasteiger partial charge in [-0.2, -0.15) is 0 Å². The van der Waals surface area contributed by atoms with Crippen LogP contribution < -0.4 is 10.6 Å². The third kappa shape index (κ3) is 3.22. The van der Waals surface area contributed by atoms with Crippen molar-refractivity contribution in [2.24, 2.45) is 0 Å². The number of para-hydroxylation sites is 1. The highest BCUT2D eigenvalue weighted by molar-refractivity contribution is 6.47. The molecule has 0 aliphatic carbocycles. The van der Waals surface area contributed by atoms with Crippen LogP contribution in [0, 0.1) is 0 Å². The van der Waals surface area contributed by atoms with E-state index in [-0.39, 0.29) is 0 Å². The maximum atomic E-state index is 12.5. The predicted molar refractivity (Wildman–Crippen MR) is 103 cm³/mol. The monoisotopic (exact) mass is 356 g/mol. The van der Waals surface area contributed by atoms with Crippen LogP contribution in [-0.2, 0) is 14.4 Å². The van der Waals surface area contributed by atoms with Gasteiger partial charge in [0.15, 0.2) is 0 Å². The van der Waals surface area contributed by atoms with Gasteiger partial charge in [0.1, 0.15) is 5.92 Å². The van der Waals surface area contributed by atoms with E-state index in [4.69, 9.17) is 0 Å². The molecule has 1 heterocycles. The highest BCUT2D eigenvalue weighted by atomic mass is 16.2. The maximum absolute atomic E-state index is 12.5. The first-order valence-corrected chi connectivity index (χ1v) is 8.54. The lowest BCUT2D eigenvalue weighted by Gasteiger charge is -2.09. The van der Waals surface area contributed by atoms with Gasteiger partial charge < -0.3 is 10.6 Å². The number of hydrogen-bond donors (Lipinski definition) is 2. The molecule has 0 fully saturated rings. The van der Waals surface area contributed by atoms with E-state index in [1.807, 2.05) is 42.5 Å². The molecule has 1 aliphatic rings. The lowest BCUT2D eigenvalue weighted by Crippen LogP contribution is -2.31. The van der Waals surface area contributed by atoms with Gasteiger partial charge in [-0.15, -0.1) is 0 Å². The summed E-state index contributed by atoms with van der Waals surface area (Å²) < 4.78 is 0. The van der Waals surface area contributed by atoms with Crippen molar-refractivity contribution in [1.29, 1.82) is 0 Å². The molecule has 2 amide bonds. The van der Waals surface area contributed by atoms with Crippen LogP contribution in [0.15, 0.2) is 78.9 Å². The summed E-state index contributed by atoms with van der Waals surface area (Å²) in [6.07, 6.45) is 0. The van der Waals surface area contributed by atoms with Crippen LogP contribution in [0.1, 0.15) is 11.5 Å². The van der Waals surface area contributed by atoms with E-state index in [0.717, 1.165) is 11.1 Å². The van der Waals surface area contributed by atoms with Gasteiger partial charge in [0.2, 0.25) is 11.7 Å².